The number of ether oxygens (including phenoxy) is 3. The highest BCUT2D eigenvalue weighted by atomic mass is 35.5. The third-order valence-corrected chi connectivity index (χ3v) is 6.97. The molecule has 0 saturated carbocycles. The number of nitrogens with zero attached hydrogens (tertiary/aromatic N) is 2. The van der Waals surface area contributed by atoms with Crippen molar-refractivity contribution in [1.29, 1.82) is 0 Å². The highest BCUT2D eigenvalue weighted by Gasteiger charge is 2.47. The number of hydrogen-bond acceptors (Lipinski definition) is 5. The van der Waals surface area contributed by atoms with Gasteiger partial charge >= 0.3 is 6.09 Å². The number of amides is 1. The molecule has 1 amide bonds. The SMILES string of the molecule is CCOc1cc(CN2CCC3(CC2)CN(c2ccccc2)C(=O)O3)cc2c(OC)cc(Cl)cc12. The normalized spacial score (nSPS) is 17.9. The number of piperidine rings is 1. The number of hydrogen-bond donors (Lipinski definition) is 0. The summed E-state index contributed by atoms with van der Waals surface area (Å²) in [6, 6.07) is 17.8. The van der Waals surface area contributed by atoms with Crippen LogP contribution in [0.2, 0.25) is 5.02 Å². The van der Waals surface area contributed by atoms with Crippen LogP contribution in [0.25, 0.3) is 10.8 Å². The Balaban J connectivity index is 1.31. The fraction of sp³-hybridized carbons (Fsp3) is 0.370. The molecule has 7 heteroatoms. The molecular formula is C27H29ClN2O4. The molecule has 2 saturated heterocycles. The minimum absolute atomic E-state index is 0.249. The van der Waals surface area contributed by atoms with Gasteiger partial charge < -0.3 is 14.2 Å². The Morgan fingerprint density at radius 2 is 1.76 bits per heavy atom. The molecule has 178 valence electrons. The van der Waals surface area contributed by atoms with Crippen LogP contribution in [0.3, 0.4) is 0 Å². The largest absolute Gasteiger partial charge is 0.496 e. The van der Waals surface area contributed by atoms with Crippen LogP contribution in [0.5, 0.6) is 11.5 Å². The maximum absolute atomic E-state index is 12.6. The number of rotatable bonds is 6. The van der Waals surface area contributed by atoms with Gasteiger partial charge in [0.15, 0.2) is 0 Å². The van der Waals surface area contributed by atoms with Crippen molar-refractivity contribution in [1.82, 2.24) is 4.90 Å². The van der Waals surface area contributed by atoms with Crippen molar-refractivity contribution in [2.45, 2.75) is 31.9 Å². The molecule has 0 atom stereocenters. The van der Waals surface area contributed by atoms with Gasteiger partial charge in [-0.2, -0.15) is 0 Å². The predicted octanol–water partition coefficient (Wildman–Crippen LogP) is 5.89. The van der Waals surface area contributed by atoms with Crippen LogP contribution in [0.1, 0.15) is 25.3 Å². The van der Waals surface area contributed by atoms with Gasteiger partial charge in [0.1, 0.15) is 17.1 Å². The number of benzene rings is 3. The molecule has 2 aliphatic heterocycles. The van der Waals surface area contributed by atoms with Crippen molar-refractivity contribution in [2.75, 3.05) is 38.3 Å². The van der Waals surface area contributed by atoms with Crippen LogP contribution in [-0.2, 0) is 11.3 Å². The molecule has 1 spiro atoms. The lowest BCUT2D eigenvalue weighted by molar-refractivity contribution is -0.000979. The average Bonchev–Trinajstić information content (AvgIpc) is 3.17. The minimum atomic E-state index is -0.413. The summed E-state index contributed by atoms with van der Waals surface area (Å²) in [6.07, 6.45) is 1.38. The first-order chi connectivity index (χ1) is 16.5. The molecule has 34 heavy (non-hydrogen) atoms. The Morgan fingerprint density at radius 3 is 2.47 bits per heavy atom. The molecule has 0 unspecified atom stereocenters. The summed E-state index contributed by atoms with van der Waals surface area (Å²) >= 11 is 6.31. The molecule has 0 N–H and O–H groups in total. The van der Waals surface area contributed by atoms with Crippen LogP contribution in [-0.4, -0.2) is 49.9 Å². The second kappa shape index (κ2) is 9.35. The van der Waals surface area contributed by atoms with E-state index >= 15 is 0 Å². The summed E-state index contributed by atoms with van der Waals surface area (Å²) < 4.78 is 17.5. The Morgan fingerprint density at radius 1 is 1.03 bits per heavy atom. The zero-order valence-corrected chi connectivity index (χ0v) is 20.3. The number of carbonyl (C=O) groups is 1. The zero-order valence-electron chi connectivity index (χ0n) is 19.6. The molecule has 2 fully saturated rings. The van der Waals surface area contributed by atoms with E-state index < -0.39 is 5.60 Å². The summed E-state index contributed by atoms with van der Waals surface area (Å²) in [7, 11) is 1.66. The molecule has 0 radical (unpaired) electrons. The Bertz CT molecular complexity index is 1190. The van der Waals surface area contributed by atoms with Crippen LogP contribution >= 0.6 is 11.6 Å². The van der Waals surface area contributed by atoms with Gasteiger partial charge in [-0.3, -0.25) is 9.80 Å². The van der Waals surface area contributed by atoms with E-state index in [-0.39, 0.29) is 6.09 Å². The van der Waals surface area contributed by atoms with Crippen LogP contribution in [0.4, 0.5) is 10.5 Å². The third-order valence-electron chi connectivity index (χ3n) is 6.75. The first-order valence-electron chi connectivity index (χ1n) is 11.7. The number of likely N-dealkylation sites (tertiary alicyclic amines) is 1. The molecule has 2 aliphatic rings. The van der Waals surface area contributed by atoms with E-state index in [1.807, 2.05) is 49.4 Å². The number of para-hydroxylation sites is 1. The van der Waals surface area contributed by atoms with Gasteiger partial charge in [-0.15, -0.1) is 0 Å². The van der Waals surface area contributed by atoms with E-state index in [1.54, 1.807) is 12.0 Å². The number of fused-ring (bicyclic) bond motifs is 1. The fourth-order valence-electron chi connectivity index (χ4n) is 5.02. The van der Waals surface area contributed by atoms with Gasteiger partial charge in [0.25, 0.3) is 0 Å². The summed E-state index contributed by atoms with van der Waals surface area (Å²) in [6.45, 7) is 5.65. The second-order valence-electron chi connectivity index (χ2n) is 8.98. The monoisotopic (exact) mass is 480 g/mol. The summed E-state index contributed by atoms with van der Waals surface area (Å²) in [4.78, 5) is 16.7. The third kappa shape index (κ3) is 4.40. The summed E-state index contributed by atoms with van der Waals surface area (Å²) in [5.41, 5.74) is 1.63. The molecule has 5 rings (SSSR count). The van der Waals surface area contributed by atoms with Crippen molar-refractivity contribution >= 4 is 34.2 Å². The van der Waals surface area contributed by atoms with E-state index in [1.165, 1.54) is 0 Å². The van der Waals surface area contributed by atoms with E-state index in [0.717, 1.165) is 66.0 Å². The lowest BCUT2D eigenvalue weighted by atomic mass is 9.91. The van der Waals surface area contributed by atoms with Crippen LogP contribution in [0, 0.1) is 0 Å². The molecule has 6 nitrogen and oxygen atoms in total. The first kappa shape index (κ1) is 22.8. The maximum atomic E-state index is 12.6. The lowest BCUT2D eigenvalue weighted by Gasteiger charge is -2.37. The fourth-order valence-corrected chi connectivity index (χ4v) is 5.23. The lowest BCUT2D eigenvalue weighted by Crippen LogP contribution is -2.46. The number of anilines is 1. The summed E-state index contributed by atoms with van der Waals surface area (Å²) in [5, 5.41) is 2.56. The number of carbonyl (C=O) groups excluding carboxylic acids is 1. The molecule has 0 bridgehead atoms. The molecule has 3 aromatic rings. The highest BCUT2D eigenvalue weighted by Crippen LogP contribution is 2.39. The van der Waals surface area contributed by atoms with Gasteiger partial charge in [-0.05, 0) is 48.9 Å². The Labute approximate surface area is 204 Å². The molecular weight excluding hydrogens is 452 g/mol. The van der Waals surface area contributed by atoms with Gasteiger partial charge in [0, 0.05) is 54.0 Å². The van der Waals surface area contributed by atoms with Crippen molar-refractivity contribution in [3.05, 3.63) is 65.2 Å². The minimum Gasteiger partial charge on any atom is -0.496 e. The van der Waals surface area contributed by atoms with E-state index in [9.17, 15) is 4.79 Å². The van der Waals surface area contributed by atoms with Crippen LogP contribution in [0.15, 0.2) is 54.6 Å². The Kier molecular flexibility index (Phi) is 6.28. The Hall–Kier alpha value is -2.96. The van der Waals surface area contributed by atoms with Crippen molar-refractivity contribution in [3.8, 4) is 11.5 Å². The summed E-state index contributed by atoms with van der Waals surface area (Å²) in [5.74, 6) is 1.55. The average molecular weight is 481 g/mol. The maximum Gasteiger partial charge on any atom is 0.415 e. The zero-order chi connectivity index (χ0) is 23.7. The smallest absolute Gasteiger partial charge is 0.415 e. The van der Waals surface area contributed by atoms with Gasteiger partial charge in [-0.1, -0.05) is 29.8 Å². The van der Waals surface area contributed by atoms with Crippen molar-refractivity contribution in [2.24, 2.45) is 0 Å². The quantitative estimate of drug-likeness (QED) is 0.440. The van der Waals surface area contributed by atoms with Gasteiger partial charge in [-0.25, -0.2) is 4.79 Å². The standard InChI is InChI=1S/C27H29ClN2O4/c1-3-33-25-14-19(13-22-23(25)15-20(28)16-24(22)32-2)17-29-11-9-27(10-12-29)18-30(26(31)34-27)21-7-5-4-6-8-21/h4-8,13-16H,3,9-12,17-18H2,1-2H3. The molecule has 2 heterocycles. The number of halogens is 1. The predicted molar refractivity (Wildman–Crippen MR) is 134 cm³/mol. The van der Waals surface area contributed by atoms with Gasteiger partial charge in [0.05, 0.1) is 20.3 Å². The van der Waals surface area contributed by atoms with E-state index in [2.05, 4.69) is 17.0 Å². The molecule has 0 aliphatic carbocycles. The van der Waals surface area contributed by atoms with Crippen molar-refractivity contribution < 1.29 is 19.0 Å². The van der Waals surface area contributed by atoms with Crippen LogP contribution < -0.4 is 14.4 Å². The van der Waals surface area contributed by atoms with Crippen molar-refractivity contribution in [3.63, 3.8) is 0 Å². The topological polar surface area (TPSA) is 51.2 Å². The molecule has 0 aromatic heterocycles. The van der Waals surface area contributed by atoms with E-state index in [4.69, 9.17) is 25.8 Å². The highest BCUT2D eigenvalue weighted by molar-refractivity contribution is 6.31. The first-order valence-corrected chi connectivity index (χ1v) is 12.1. The van der Waals surface area contributed by atoms with E-state index in [0.29, 0.717) is 18.2 Å². The second-order valence-corrected chi connectivity index (χ2v) is 9.42. The van der Waals surface area contributed by atoms with Gasteiger partial charge in [0.2, 0.25) is 0 Å². The number of methoxy groups -OCH3 is 1. The molecule has 3 aromatic carbocycles.